The van der Waals surface area contributed by atoms with Crippen molar-refractivity contribution in [2.75, 3.05) is 64.4 Å². The molecule has 3 fully saturated rings. The molecule has 3 N–H and O–H groups in total. The van der Waals surface area contributed by atoms with Gasteiger partial charge in [-0.25, -0.2) is 36.3 Å². The highest BCUT2D eigenvalue weighted by Gasteiger charge is 2.39. The van der Waals surface area contributed by atoms with E-state index in [1.807, 2.05) is 5.43 Å². The fourth-order valence-electron chi connectivity index (χ4n) is 7.65. The zero-order valence-electron chi connectivity index (χ0n) is 35.6. The largest absolute Gasteiger partial charge is 0.462 e. The van der Waals surface area contributed by atoms with Crippen molar-refractivity contribution >= 4 is 63.3 Å². The summed E-state index contributed by atoms with van der Waals surface area (Å²) in [5.41, 5.74) is 3.41. The second-order valence-corrected chi connectivity index (χ2v) is 24.6. The number of sulfone groups is 2. The minimum absolute atomic E-state index is 0.00637. The molecule has 1 saturated carbocycles. The maximum Gasteiger partial charge on any atom is 0.339 e. The van der Waals surface area contributed by atoms with Gasteiger partial charge in [0.15, 0.2) is 19.7 Å². The fourth-order valence-corrected chi connectivity index (χ4v) is 13.7. The van der Waals surface area contributed by atoms with Crippen LogP contribution in [0.15, 0.2) is 73.1 Å². The van der Waals surface area contributed by atoms with Crippen LogP contribution in [0, 0.1) is 30.4 Å². The predicted molar refractivity (Wildman–Crippen MR) is 239 cm³/mol. The molecule has 1 unspecified atom stereocenters. The number of anilines is 2. The van der Waals surface area contributed by atoms with E-state index in [2.05, 4.69) is 9.97 Å². The Kier molecular flexibility index (Phi) is 14.5. The molecule has 2 saturated heterocycles. The molecule has 3 aliphatic rings. The number of hydrazine groups is 1. The van der Waals surface area contributed by atoms with Crippen LogP contribution < -0.4 is 19.9 Å². The maximum atomic E-state index is 15.3. The average molecular weight is 995 g/mol. The van der Waals surface area contributed by atoms with Crippen molar-refractivity contribution < 1.29 is 56.8 Å². The van der Waals surface area contributed by atoms with Crippen molar-refractivity contribution in [1.82, 2.24) is 24.0 Å². The number of pyridine rings is 2. The first-order valence-corrected chi connectivity index (χ1v) is 27.2. The van der Waals surface area contributed by atoms with Gasteiger partial charge in [-0.3, -0.25) is 28.8 Å². The third-order valence-corrected chi connectivity index (χ3v) is 18.8. The van der Waals surface area contributed by atoms with Crippen molar-refractivity contribution in [3.63, 3.8) is 0 Å². The van der Waals surface area contributed by atoms with Crippen LogP contribution in [0.1, 0.15) is 56.1 Å². The Labute approximate surface area is 382 Å². The average Bonchev–Trinajstić information content (AvgIpc) is 4.03. The van der Waals surface area contributed by atoms with Gasteiger partial charge in [0.25, 0.3) is 5.91 Å². The molecule has 0 radical (unpaired) electrons. The lowest BCUT2D eigenvalue weighted by Crippen LogP contribution is -2.50. The van der Waals surface area contributed by atoms with Gasteiger partial charge in [0.2, 0.25) is 0 Å². The first-order valence-electron chi connectivity index (χ1n) is 20.7. The van der Waals surface area contributed by atoms with Crippen LogP contribution in [0.2, 0.25) is 0 Å². The summed E-state index contributed by atoms with van der Waals surface area (Å²) in [5, 5.41) is 0. The number of nitrogen functional groups attached to an aromatic ring is 1. The number of benzene rings is 2. The second kappa shape index (κ2) is 19.6. The zero-order chi connectivity index (χ0) is 47.6. The second-order valence-electron chi connectivity index (χ2n) is 16.3. The third kappa shape index (κ3) is 11.5. The van der Waals surface area contributed by atoms with E-state index >= 15 is 4.39 Å². The van der Waals surface area contributed by atoms with Crippen LogP contribution in [0.25, 0.3) is 0 Å². The van der Waals surface area contributed by atoms with E-state index in [1.54, 1.807) is 0 Å². The summed E-state index contributed by atoms with van der Waals surface area (Å²) in [6, 6.07) is 13.5. The van der Waals surface area contributed by atoms with Crippen molar-refractivity contribution in [1.29, 1.82) is 0 Å². The Bertz CT molecular complexity index is 2900. The number of esters is 1. The standard InChI is InChI=1S/C41H48F2N8O11S4/c1-28-20-36(6-8-38(28)42)50(65(58,59)48-11-16-63(54,55)17-12-48)26-35-5-3-31(25-46-35)41(53)62-15-10-29-21-32(29)22-33-23-37(7-9-39(33)43)51(27-34-4-2-30(24-45-34)40(52)47-44)66(60,61)49-13-18-64(56,57)19-14-49/h2-9,20,23-25,29,32H,10-19,21-22,26-27,44H2,1H3,(H,47,52)/t29?,32-/m1/s1. The number of rotatable bonds is 17. The van der Waals surface area contributed by atoms with Gasteiger partial charge in [-0.15, -0.1) is 0 Å². The smallest absolute Gasteiger partial charge is 0.339 e. The summed E-state index contributed by atoms with van der Waals surface area (Å²) in [5.74, 6) is 1.48. The Balaban J connectivity index is 0.972. The molecule has 2 atom stereocenters. The molecule has 66 heavy (non-hydrogen) atoms. The SMILES string of the molecule is Cc1cc(N(Cc2ccc(C(=O)OCCC3C[C@@H]3Cc3cc(N(Cc4ccc(C(=O)NN)cn4)S(=O)(=O)N4CCS(=O)(=O)CC4)ccc3F)cn2)S(=O)(=O)N2CCS(=O)(=O)CC2)ccc1F. The number of hydrogen-bond donors (Lipinski definition) is 2. The van der Waals surface area contributed by atoms with Crippen LogP contribution >= 0.6 is 0 Å². The summed E-state index contributed by atoms with van der Waals surface area (Å²) in [7, 11) is -15.5. The van der Waals surface area contributed by atoms with Crippen LogP contribution in [0.4, 0.5) is 20.2 Å². The molecular formula is C41H48F2N8O11S4. The molecule has 7 rings (SSSR count). The number of hydrogen-bond acceptors (Lipinski definition) is 14. The number of nitrogens with two attached hydrogens (primary N) is 1. The van der Waals surface area contributed by atoms with E-state index < -0.39 is 63.6 Å². The van der Waals surface area contributed by atoms with E-state index in [-0.39, 0.29) is 132 Å². The molecule has 25 heteroatoms. The summed E-state index contributed by atoms with van der Waals surface area (Å²) in [6.07, 6.45) is 3.86. The van der Waals surface area contributed by atoms with E-state index in [4.69, 9.17) is 10.6 Å². The number of halogens is 2. The summed E-state index contributed by atoms with van der Waals surface area (Å²) >= 11 is 0. The molecular weight excluding hydrogens is 947 g/mol. The van der Waals surface area contributed by atoms with Crippen molar-refractivity contribution in [3.8, 4) is 0 Å². The van der Waals surface area contributed by atoms with E-state index in [0.29, 0.717) is 12.8 Å². The topological polar surface area (TPSA) is 257 Å². The molecule has 2 aromatic heterocycles. The van der Waals surface area contributed by atoms with E-state index in [1.165, 1.54) is 67.8 Å². The minimum Gasteiger partial charge on any atom is -0.462 e. The molecule has 19 nitrogen and oxygen atoms in total. The van der Waals surface area contributed by atoms with Gasteiger partial charge in [-0.05, 0) is 110 Å². The summed E-state index contributed by atoms with van der Waals surface area (Å²) in [6.45, 7) is -0.141. The highest BCUT2D eigenvalue weighted by atomic mass is 32.2. The van der Waals surface area contributed by atoms with Crippen LogP contribution in [0.3, 0.4) is 0 Å². The fraction of sp³-hybridized carbons (Fsp3) is 0.415. The zero-order valence-corrected chi connectivity index (χ0v) is 38.9. The van der Waals surface area contributed by atoms with E-state index in [9.17, 15) is 47.7 Å². The van der Waals surface area contributed by atoms with E-state index in [0.717, 1.165) is 29.4 Å². The molecule has 1 amide bonds. The molecule has 1 aliphatic carbocycles. The van der Waals surface area contributed by atoms with Gasteiger partial charge in [0.1, 0.15) is 11.6 Å². The van der Waals surface area contributed by atoms with Crippen molar-refractivity contribution in [2.45, 2.75) is 39.3 Å². The summed E-state index contributed by atoms with van der Waals surface area (Å²) in [4.78, 5) is 33.5. The molecule has 356 valence electrons. The van der Waals surface area contributed by atoms with Gasteiger partial charge in [0, 0.05) is 38.6 Å². The number of carbonyl (C=O) groups is 2. The number of aryl methyl sites for hydroxylation is 1. The van der Waals surface area contributed by atoms with Gasteiger partial charge in [0.05, 0.1) is 76.6 Å². The minimum atomic E-state index is -4.36. The Morgan fingerprint density at radius 3 is 1.73 bits per heavy atom. The Hall–Kier alpha value is -5.18. The highest BCUT2D eigenvalue weighted by molar-refractivity contribution is 7.93. The van der Waals surface area contributed by atoms with Gasteiger partial charge in [-0.1, -0.05) is 0 Å². The number of nitrogens with one attached hydrogen (secondary N) is 1. The first kappa shape index (κ1) is 48.7. The molecule has 4 aromatic rings. The van der Waals surface area contributed by atoms with Crippen LogP contribution in [0.5, 0.6) is 0 Å². The number of carbonyl (C=O) groups excluding carboxylic acids is 2. The van der Waals surface area contributed by atoms with Crippen molar-refractivity contribution in [3.05, 3.63) is 118 Å². The van der Waals surface area contributed by atoms with Crippen molar-refractivity contribution in [2.24, 2.45) is 17.7 Å². The lowest BCUT2D eigenvalue weighted by molar-refractivity contribution is 0.0492. The quantitative estimate of drug-likeness (QED) is 0.0665. The number of nitrogens with zero attached hydrogens (tertiary/aromatic N) is 6. The molecule has 4 heterocycles. The molecule has 2 aliphatic heterocycles. The predicted octanol–water partition coefficient (Wildman–Crippen LogP) is 2.06. The lowest BCUT2D eigenvalue weighted by atomic mass is 10.1. The van der Waals surface area contributed by atoms with Gasteiger partial charge in [-0.2, -0.15) is 25.4 Å². The number of aromatic nitrogens is 2. The number of amides is 1. The Morgan fingerprint density at radius 2 is 1.24 bits per heavy atom. The number of ether oxygens (including phenoxy) is 1. The maximum absolute atomic E-state index is 15.3. The van der Waals surface area contributed by atoms with Crippen LogP contribution in [-0.4, -0.2) is 120 Å². The van der Waals surface area contributed by atoms with Gasteiger partial charge >= 0.3 is 26.4 Å². The van der Waals surface area contributed by atoms with Gasteiger partial charge < -0.3 is 4.74 Å². The first-order chi connectivity index (χ1) is 31.2. The normalized spacial score (nSPS) is 19.7. The van der Waals surface area contributed by atoms with Crippen LogP contribution in [-0.2, 0) is 64.3 Å². The molecule has 0 spiro atoms. The summed E-state index contributed by atoms with van der Waals surface area (Å²) < 4.78 is 143. The highest BCUT2D eigenvalue weighted by Crippen LogP contribution is 2.44. The monoisotopic (exact) mass is 994 g/mol. The molecule has 2 aromatic carbocycles. The Morgan fingerprint density at radius 1 is 0.742 bits per heavy atom. The third-order valence-electron chi connectivity index (χ3n) is 11.7. The lowest BCUT2D eigenvalue weighted by Gasteiger charge is -2.33. The molecule has 0 bridgehead atoms.